The summed E-state index contributed by atoms with van der Waals surface area (Å²) >= 11 is 0. The number of hydrazone groups is 1. The molecule has 0 saturated carbocycles. The summed E-state index contributed by atoms with van der Waals surface area (Å²) in [5.41, 5.74) is 6.39. The number of hydrogen-bond donors (Lipinski definition) is 1. The normalized spacial score (nSPS) is 11.3. The second kappa shape index (κ2) is 12.9. The summed E-state index contributed by atoms with van der Waals surface area (Å²) in [5, 5.41) is 4.03. The number of carbonyl (C=O) groups is 1. The summed E-state index contributed by atoms with van der Waals surface area (Å²) < 4.78 is 39.4. The Balaban J connectivity index is 1.45. The van der Waals surface area contributed by atoms with E-state index < -0.39 is 22.5 Å². The fraction of sp³-hybridized carbons (Fsp3) is 0.161. The van der Waals surface area contributed by atoms with Crippen molar-refractivity contribution < 1.29 is 22.7 Å². The molecule has 0 atom stereocenters. The second-order valence-corrected chi connectivity index (χ2v) is 11.0. The number of ether oxygens (including phenoxy) is 2. The number of amides is 1. The van der Waals surface area contributed by atoms with Crippen LogP contribution in [-0.2, 0) is 21.4 Å². The van der Waals surface area contributed by atoms with Gasteiger partial charge in [-0.1, -0.05) is 65.7 Å². The fourth-order valence-electron chi connectivity index (χ4n) is 3.83. The summed E-state index contributed by atoms with van der Waals surface area (Å²) in [5.74, 6) is 0.492. The summed E-state index contributed by atoms with van der Waals surface area (Å²) in [6.07, 6.45) is 1.45. The molecule has 1 N–H and O–H groups in total. The lowest BCUT2D eigenvalue weighted by molar-refractivity contribution is -0.119. The number of sulfonamides is 1. The Labute approximate surface area is 234 Å². The van der Waals surface area contributed by atoms with Gasteiger partial charge in [-0.2, -0.15) is 5.10 Å². The van der Waals surface area contributed by atoms with Gasteiger partial charge in [0.25, 0.3) is 15.9 Å². The molecule has 0 fully saturated rings. The molecule has 1 amide bonds. The van der Waals surface area contributed by atoms with Crippen LogP contribution in [0.4, 0.5) is 5.69 Å². The van der Waals surface area contributed by atoms with Gasteiger partial charge in [-0.3, -0.25) is 9.10 Å². The number of anilines is 1. The van der Waals surface area contributed by atoms with E-state index in [0.717, 1.165) is 21.0 Å². The van der Waals surface area contributed by atoms with Gasteiger partial charge in [0.1, 0.15) is 13.2 Å². The largest absolute Gasteiger partial charge is 0.493 e. The highest BCUT2D eigenvalue weighted by atomic mass is 32.2. The van der Waals surface area contributed by atoms with Crippen molar-refractivity contribution in [2.24, 2.45) is 5.10 Å². The molecule has 0 saturated heterocycles. The van der Waals surface area contributed by atoms with E-state index in [0.29, 0.717) is 29.4 Å². The number of methoxy groups -OCH3 is 1. The topological polar surface area (TPSA) is 97.3 Å². The minimum atomic E-state index is -4.01. The summed E-state index contributed by atoms with van der Waals surface area (Å²) in [6, 6.07) is 28.5. The van der Waals surface area contributed by atoms with Crippen LogP contribution in [0.1, 0.15) is 22.3 Å². The smallest absolute Gasteiger partial charge is 0.264 e. The fourth-order valence-corrected chi connectivity index (χ4v) is 5.25. The van der Waals surface area contributed by atoms with Crippen molar-refractivity contribution >= 4 is 27.8 Å². The van der Waals surface area contributed by atoms with Gasteiger partial charge in [-0.15, -0.1) is 0 Å². The van der Waals surface area contributed by atoms with Crippen LogP contribution in [0.3, 0.4) is 0 Å². The summed E-state index contributed by atoms with van der Waals surface area (Å²) in [7, 11) is -2.46. The molecule has 0 heterocycles. The van der Waals surface area contributed by atoms with Crippen molar-refractivity contribution in [1.82, 2.24) is 5.43 Å². The molecule has 206 valence electrons. The quantitative estimate of drug-likeness (QED) is 0.201. The van der Waals surface area contributed by atoms with E-state index in [2.05, 4.69) is 10.5 Å². The van der Waals surface area contributed by atoms with Crippen LogP contribution in [-0.4, -0.2) is 34.2 Å². The molecule has 4 aromatic carbocycles. The summed E-state index contributed by atoms with van der Waals surface area (Å²) in [6.45, 7) is 3.72. The molecule has 4 aromatic rings. The van der Waals surface area contributed by atoms with Crippen molar-refractivity contribution in [2.75, 3.05) is 18.0 Å². The summed E-state index contributed by atoms with van der Waals surface area (Å²) in [4.78, 5) is 12.9. The first kappa shape index (κ1) is 28.4. The maximum absolute atomic E-state index is 13.5. The van der Waals surface area contributed by atoms with Crippen LogP contribution in [0.2, 0.25) is 0 Å². The number of hydrogen-bond acceptors (Lipinski definition) is 6. The third-order valence-corrected chi connectivity index (χ3v) is 7.83. The SMILES string of the molecule is COc1cc(/C=N/NC(=O)CN(c2ccc(C)cc2)S(=O)(=O)c2ccc(C)cc2)ccc1OCc1ccccc1. The molecule has 4 rings (SSSR count). The van der Waals surface area contributed by atoms with Gasteiger partial charge in [0.2, 0.25) is 0 Å². The van der Waals surface area contributed by atoms with Gasteiger partial charge >= 0.3 is 0 Å². The molecule has 0 spiro atoms. The van der Waals surface area contributed by atoms with Crippen LogP contribution in [0, 0.1) is 13.8 Å². The lowest BCUT2D eigenvalue weighted by atomic mass is 10.2. The molecular weight excluding hydrogens is 526 g/mol. The van der Waals surface area contributed by atoms with Gasteiger partial charge in [-0.05, 0) is 67.4 Å². The first-order valence-electron chi connectivity index (χ1n) is 12.6. The molecule has 0 unspecified atom stereocenters. The van der Waals surface area contributed by atoms with E-state index in [4.69, 9.17) is 9.47 Å². The first-order valence-corrected chi connectivity index (χ1v) is 14.0. The van der Waals surface area contributed by atoms with Crippen molar-refractivity contribution in [3.63, 3.8) is 0 Å². The second-order valence-electron chi connectivity index (χ2n) is 9.14. The van der Waals surface area contributed by atoms with E-state index >= 15 is 0 Å². The van der Waals surface area contributed by atoms with E-state index in [1.165, 1.54) is 18.3 Å². The number of carbonyl (C=O) groups excluding carboxylic acids is 1. The Hall–Kier alpha value is -4.63. The highest BCUT2D eigenvalue weighted by Gasteiger charge is 2.27. The van der Waals surface area contributed by atoms with E-state index in [1.54, 1.807) is 61.7 Å². The maximum atomic E-state index is 13.5. The van der Waals surface area contributed by atoms with Crippen LogP contribution in [0.15, 0.2) is 107 Å². The zero-order valence-electron chi connectivity index (χ0n) is 22.6. The monoisotopic (exact) mass is 557 g/mol. The lowest BCUT2D eigenvalue weighted by Gasteiger charge is -2.24. The molecule has 0 bridgehead atoms. The van der Waals surface area contributed by atoms with Crippen molar-refractivity contribution in [2.45, 2.75) is 25.3 Å². The van der Waals surface area contributed by atoms with E-state index in [1.807, 2.05) is 44.2 Å². The maximum Gasteiger partial charge on any atom is 0.264 e. The standard InChI is InChI=1S/C31H31N3O5S/c1-23-9-14-27(15-10-23)34(40(36,37)28-16-11-24(2)12-17-28)21-31(35)33-32-20-26-13-18-29(30(19-26)38-3)39-22-25-7-5-4-6-8-25/h4-20H,21-22H2,1-3H3,(H,33,35)/b32-20+. The van der Waals surface area contributed by atoms with Crippen LogP contribution in [0.5, 0.6) is 11.5 Å². The molecule has 0 aliphatic heterocycles. The van der Waals surface area contributed by atoms with Crippen molar-refractivity contribution in [3.8, 4) is 11.5 Å². The molecule has 0 radical (unpaired) electrons. The Morgan fingerprint density at radius 2 is 1.52 bits per heavy atom. The highest BCUT2D eigenvalue weighted by molar-refractivity contribution is 7.92. The molecule has 0 aliphatic rings. The van der Waals surface area contributed by atoms with Gasteiger partial charge in [0.05, 0.1) is 23.9 Å². The van der Waals surface area contributed by atoms with Gasteiger partial charge in [0, 0.05) is 0 Å². The predicted octanol–water partition coefficient (Wildman–Crippen LogP) is 5.24. The number of nitrogens with zero attached hydrogens (tertiary/aromatic N) is 2. The molecular formula is C31H31N3O5S. The number of rotatable bonds is 11. The minimum Gasteiger partial charge on any atom is -0.493 e. The average molecular weight is 558 g/mol. The Bertz CT molecular complexity index is 1570. The lowest BCUT2D eigenvalue weighted by Crippen LogP contribution is -2.39. The molecule has 9 heteroatoms. The van der Waals surface area contributed by atoms with Crippen LogP contribution >= 0.6 is 0 Å². The molecule has 8 nitrogen and oxygen atoms in total. The van der Waals surface area contributed by atoms with Gasteiger partial charge in [0.15, 0.2) is 11.5 Å². The molecule has 0 aliphatic carbocycles. The predicted molar refractivity (Wildman–Crippen MR) is 156 cm³/mol. The van der Waals surface area contributed by atoms with E-state index in [9.17, 15) is 13.2 Å². The van der Waals surface area contributed by atoms with Crippen molar-refractivity contribution in [3.05, 3.63) is 119 Å². The zero-order chi connectivity index (χ0) is 28.5. The Kier molecular flexibility index (Phi) is 9.19. The highest BCUT2D eigenvalue weighted by Crippen LogP contribution is 2.28. The average Bonchev–Trinajstić information content (AvgIpc) is 2.96. The number of benzene rings is 4. The third kappa shape index (κ3) is 7.27. The van der Waals surface area contributed by atoms with Gasteiger partial charge < -0.3 is 9.47 Å². The first-order chi connectivity index (χ1) is 19.3. The van der Waals surface area contributed by atoms with Crippen LogP contribution in [0.25, 0.3) is 0 Å². The Morgan fingerprint density at radius 3 is 2.17 bits per heavy atom. The Morgan fingerprint density at radius 1 is 0.875 bits per heavy atom. The van der Waals surface area contributed by atoms with Gasteiger partial charge in [-0.25, -0.2) is 13.8 Å². The zero-order valence-corrected chi connectivity index (χ0v) is 23.4. The molecule has 40 heavy (non-hydrogen) atoms. The van der Waals surface area contributed by atoms with E-state index in [-0.39, 0.29) is 4.90 Å². The molecule has 0 aromatic heterocycles. The van der Waals surface area contributed by atoms with Crippen molar-refractivity contribution in [1.29, 1.82) is 0 Å². The number of aryl methyl sites for hydroxylation is 2. The minimum absolute atomic E-state index is 0.0941. The number of nitrogens with one attached hydrogen (secondary N) is 1. The third-order valence-electron chi connectivity index (χ3n) is 6.05. The van der Waals surface area contributed by atoms with Crippen LogP contribution < -0.4 is 19.2 Å².